The number of anilines is 1. The summed E-state index contributed by atoms with van der Waals surface area (Å²) in [4.78, 5) is 12.4. The Bertz CT molecular complexity index is 1040. The Hall–Kier alpha value is -3.79. The van der Waals surface area contributed by atoms with E-state index in [2.05, 4.69) is 5.32 Å². The Kier molecular flexibility index (Phi) is 5.84. The van der Waals surface area contributed by atoms with E-state index in [1.807, 2.05) is 6.07 Å². The van der Waals surface area contributed by atoms with E-state index >= 15 is 0 Å². The first kappa shape index (κ1) is 20.0. The zero-order valence-corrected chi connectivity index (χ0v) is 15.0. The maximum atomic E-state index is 12.6. The number of alkyl halides is 3. The van der Waals surface area contributed by atoms with Gasteiger partial charge in [-0.2, -0.15) is 18.4 Å². The molecule has 0 saturated carbocycles. The van der Waals surface area contributed by atoms with Gasteiger partial charge in [-0.25, -0.2) is 0 Å². The first-order valence-corrected chi connectivity index (χ1v) is 8.56. The molecule has 0 spiro atoms. The molecule has 0 heterocycles. The van der Waals surface area contributed by atoms with Gasteiger partial charge in [-0.05, 0) is 60.2 Å². The number of amides is 1. The molecule has 4 nitrogen and oxygen atoms in total. The molecule has 0 aliphatic rings. The second-order valence-corrected chi connectivity index (χ2v) is 6.15. The highest BCUT2D eigenvalue weighted by atomic mass is 19.4. The van der Waals surface area contributed by atoms with Crippen molar-refractivity contribution in [3.8, 4) is 11.8 Å². The molecule has 0 atom stereocenters. The zero-order valence-electron chi connectivity index (χ0n) is 15.0. The minimum Gasteiger partial charge on any atom is -0.489 e. The van der Waals surface area contributed by atoms with Crippen molar-refractivity contribution in [1.82, 2.24) is 0 Å². The number of ether oxygens (including phenoxy) is 1. The Labute approximate surface area is 165 Å². The standard InChI is InChI=1S/C22H15F3N2O2/c23-22(24,25)18-8-4-16(5-9-18)14-29-20-3-1-2-17(12-20)21(28)27-19-10-6-15(13-26)7-11-19/h1-12H,14H2,(H,27,28). The van der Waals surface area contributed by atoms with Crippen LogP contribution in [0.4, 0.5) is 18.9 Å². The lowest BCUT2D eigenvalue weighted by atomic mass is 10.1. The van der Waals surface area contributed by atoms with Crippen molar-refractivity contribution >= 4 is 11.6 Å². The Morgan fingerprint density at radius 1 is 1.00 bits per heavy atom. The third kappa shape index (κ3) is 5.36. The smallest absolute Gasteiger partial charge is 0.416 e. The summed E-state index contributed by atoms with van der Waals surface area (Å²) in [5.74, 6) is 0.0621. The molecule has 7 heteroatoms. The van der Waals surface area contributed by atoms with E-state index in [4.69, 9.17) is 10.00 Å². The van der Waals surface area contributed by atoms with Gasteiger partial charge in [0.1, 0.15) is 12.4 Å². The normalized spacial score (nSPS) is 10.8. The molecule has 0 fully saturated rings. The number of carbonyl (C=O) groups excluding carboxylic acids is 1. The van der Waals surface area contributed by atoms with Crippen LogP contribution in [0.2, 0.25) is 0 Å². The second-order valence-electron chi connectivity index (χ2n) is 6.15. The first-order valence-electron chi connectivity index (χ1n) is 8.56. The van der Waals surface area contributed by atoms with Gasteiger partial charge in [-0.1, -0.05) is 18.2 Å². The summed E-state index contributed by atoms with van der Waals surface area (Å²) in [5, 5.41) is 11.5. The first-order chi connectivity index (χ1) is 13.8. The molecule has 0 aliphatic heterocycles. The molecule has 3 rings (SSSR count). The highest BCUT2D eigenvalue weighted by Gasteiger charge is 2.29. The lowest BCUT2D eigenvalue weighted by Gasteiger charge is -2.10. The zero-order chi connectivity index (χ0) is 20.9. The van der Waals surface area contributed by atoms with Gasteiger partial charge in [0.2, 0.25) is 0 Å². The minimum absolute atomic E-state index is 0.0683. The summed E-state index contributed by atoms with van der Waals surface area (Å²) in [6, 6.07) is 19.6. The van der Waals surface area contributed by atoms with Crippen molar-refractivity contribution in [2.45, 2.75) is 12.8 Å². The van der Waals surface area contributed by atoms with Gasteiger partial charge in [0.25, 0.3) is 5.91 Å². The van der Waals surface area contributed by atoms with Gasteiger partial charge in [-0.3, -0.25) is 4.79 Å². The summed E-state index contributed by atoms with van der Waals surface area (Å²) in [7, 11) is 0. The molecule has 0 aromatic heterocycles. The fraction of sp³-hybridized carbons (Fsp3) is 0.0909. The SMILES string of the molecule is N#Cc1ccc(NC(=O)c2cccc(OCc3ccc(C(F)(F)F)cc3)c2)cc1. The van der Waals surface area contributed by atoms with Gasteiger partial charge >= 0.3 is 6.18 Å². The monoisotopic (exact) mass is 396 g/mol. The highest BCUT2D eigenvalue weighted by molar-refractivity contribution is 6.04. The van der Waals surface area contributed by atoms with Crippen molar-refractivity contribution in [3.63, 3.8) is 0 Å². The van der Waals surface area contributed by atoms with E-state index < -0.39 is 11.7 Å². The summed E-state index contributed by atoms with van der Waals surface area (Å²) in [6.45, 7) is 0.0683. The highest BCUT2D eigenvalue weighted by Crippen LogP contribution is 2.29. The summed E-state index contributed by atoms with van der Waals surface area (Å²) in [6.07, 6.45) is -4.38. The number of halogens is 3. The molecular formula is C22H15F3N2O2. The fourth-order valence-corrected chi connectivity index (χ4v) is 2.52. The molecule has 0 unspecified atom stereocenters. The van der Waals surface area contributed by atoms with Crippen LogP contribution in [0.25, 0.3) is 0 Å². The molecule has 146 valence electrons. The summed E-state index contributed by atoms with van der Waals surface area (Å²) >= 11 is 0. The van der Waals surface area contributed by atoms with Gasteiger partial charge in [-0.15, -0.1) is 0 Å². The molecule has 1 N–H and O–H groups in total. The van der Waals surface area contributed by atoms with Crippen LogP contribution in [-0.4, -0.2) is 5.91 Å². The maximum absolute atomic E-state index is 12.6. The third-order valence-electron chi connectivity index (χ3n) is 4.05. The predicted molar refractivity (Wildman–Crippen MR) is 101 cm³/mol. The van der Waals surface area contributed by atoms with E-state index in [0.717, 1.165) is 12.1 Å². The lowest BCUT2D eigenvalue weighted by molar-refractivity contribution is -0.137. The molecule has 1 amide bonds. The number of nitriles is 1. The Morgan fingerprint density at radius 2 is 1.69 bits per heavy atom. The van der Waals surface area contributed by atoms with Crippen LogP contribution in [0.5, 0.6) is 5.75 Å². The maximum Gasteiger partial charge on any atom is 0.416 e. The van der Waals surface area contributed by atoms with E-state index in [1.165, 1.54) is 12.1 Å². The average molecular weight is 396 g/mol. The molecule has 0 bridgehead atoms. The van der Waals surface area contributed by atoms with E-state index in [1.54, 1.807) is 48.5 Å². The van der Waals surface area contributed by atoms with Crippen LogP contribution in [0, 0.1) is 11.3 Å². The largest absolute Gasteiger partial charge is 0.489 e. The number of benzene rings is 3. The van der Waals surface area contributed by atoms with Crippen molar-refractivity contribution in [1.29, 1.82) is 5.26 Å². The second kappa shape index (κ2) is 8.48. The summed E-state index contributed by atoms with van der Waals surface area (Å²) < 4.78 is 43.4. The van der Waals surface area contributed by atoms with Crippen molar-refractivity contribution in [2.24, 2.45) is 0 Å². The van der Waals surface area contributed by atoms with Gasteiger partial charge in [0.05, 0.1) is 17.2 Å². The number of hydrogen-bond donors (Lipinski definition) is 1. The topological polar surface area (TPSA) is 62.1 Å². The number of nitrogens with one attached hydrogen (secondary N) is 1. The molecule has 3 aromatic carbocycles. The molecule has 3 aromatic rings. The van der Waals surface area contributed by atoms with Crippen LogP contribution in [0.15, 0.2) is 72.8 Å². The van der Waals surface area contributed by atoms with Crippen molar-refractivity contribution in [2.75, 3.05) is 5.32 Å². The Morgan fingerprint density at radius 3 is 2.31 bits per heavy atom. The Balaban J connectivity index is 1.63. The predicted octanol–water partition coefficient (Wildman–Crippen LogP) is 5.41. The van der Waals surface area contributed by atoms with Crippen molar-refractivity contribution < 1.29 is 22.7 Å². The molecule has 0 saturated heterocycles. The molecule has 29 heavy (non-hydrogen) atoms. The lowest BCUT2D eigenvalue weighted by Crippen LogP contribution is -2.12. The minimum atomic E-state index is -4.38. The van der Waals surface area contributed by atoms with Crippen molar-refractivity contribution in [3.05, 3.63) is 95.1 Å². The van der Waals surface area contributed by atoms with Gasteiger partial charge in [0, 0.05) is 11.3 Å². The number of carbonyl (C=O) groups is 1. The summed E-state index contributed by atoms with van der Waals surface area (Å²) in [5.41, 5.74) is 1.25. The molecule has 0 aliphatic carbocycles. The number of hydrogen-bond acceptors (Lipinski definition) is 3. The third-order valence-corrected chi connectivity index (χ3v) is 4.05. The number of nitrogens with zero attached hydrogens (tertiary/aromatic N) is 1. The molecular weight excluding hydrogens is 381 g/mol. The molecule has 0 radical (unpaired) electrons. The van der Waals surface area contributed by atoms with Crippen LogP contribution in [-0.2, 0) is 12.8 Å². The van der Waals surface area contributed by atoms with Crippen LogP contribution < -0.4 is 10.1 Å². The fourth-order valence-electron chi connectivity index (χ4n) is 2.52. The van der Waals surface area contributed by atoms with E-state index in [-0.39, 0.29) is 12.5 Å². The van der Waals surface area contributed by atoms with Crippen LogP contribution in [0.3, 0.4) is 0 Å². The van der Waals surface area contributed by atoms with E-state index in [9.17, 15) is 18.0 Å². The average Bonchev–Trinajstić information content (AvgIpc) is 2.72. The quantitative estimate of drug-likeness (QED) is 0.627. The number of rotatable bonds is 5. The van der Waals surface area contributed by atoms with Gasteiger partial charge < -0.3 is 10.1 Å². The van der Waals surface area contributed by atoms with E-state index in [0.29, 0.717) is 28.1 Å². The van der Waals surface area contributed by atoms with Crippen LogP contribution >= 0.6 is 0 Å². The van der Waals surface area contributed by atoms with Crippen LogP contribution in [0.1, 0.15) is 27.0 Å². The van der Waals surface area contributed by atoms with Gasteiger partial charge in [0.15, 0.2) is 0 Å².